The van der Waals surface area contributed by atoms with Crippen LogP contribution in [0.5, 0.6) is 11.5 Å². The first-order valence-corrected chi connectivity index (χ1v) is 5.87. The van der Waals surface area contributed by atoms with Crippen LogP contribution in [0.25, 0.3) is 0 Å². The predicted molar refractivity (Wildman–Crippen MR) is 64.5 cm³/mol. The number of nitrogens with one attached hydrogen (secondary N) is 1. The van der Waals surface area contributed by atoms with E-state index in [0.29, 0.717) is 16.7 Å². The van der Waals surface area contributed by atoms with Gasteiger partial charge in [-0.1, -0.05) is 11.6 Å². The number of phenolic OH excluding ortho intramolecular Hbond substituents is 1. The summed E-state index contributed by atoms with van der Waals surface area (Å²) < 4.78 is 5.15. The van der Waals surface area contributed by atoms with Gasteiger partial charge in [0.05, 0.1) is 7.11 Å². The molecule has 4 heteroatoms. The summed E-state index contributed by atoms with van der Waals surface area (Å²) in [6, 6.07) is 3.68. The Morgan fingerprint density at radius 3 is 2.69 bits per heavy atom. The van der Waals surface area contributed by atoms with Crippen molar-refractivity contribution in [1.82, 2.24) is 5.32 Å². The van der Waals surface area contributed by atoms with Crippen LogP contribution in [0.2, 0.25) is 5.02 Å². The zero-order valence-electron chi connectivity index (χ0n) is 9.29. The Morgan fingerprint density at radius 1 is 1.38 bits per heavy atom. The number of phenols is 1. The van der Waals surface area contributed by atoms with Crippen LogP contribution in [0.1, 0.15) is 24.3 Å². The highest BCUT2D eigenvalue weighted by atomic mass is 35.5. The van der Waals surface area contributed by atoms with Gasteiger partial charge in [0.2, 0.25) is 0 Å². The van der Waals surface area contributed by atoms with Crippen LogP contribution >= 0.6 is 11.6 Å². The standard InChI is InChI=1S/C12H16ClNO2/c1-16-11-7-9(6-10(15)12(11)13)8-2-4-14-5-3-8/h6-8,14-15H,2-5H2,1H3. The molecule has 1 saturated heterocycles. The van der Waals surface area contributed by atoms with E-state index in [4.69, 9.17) is 16.3 Å². The molecule has 0 saturated carbocycles. The first-order valence-electron chi connectivity index (χ1n) is 5.49. The summed E-state index contributed by atoms with van der Waals surface area (Å²) in [5.74, 6) is 1.14. The Morgan fingerprint density at radius 2 is 2.06 bits per heavy atom. The maximum absolute atomic E-state index is 9.72. The second-order valence-corrected chi connectivity index (χ2v) is 4.46. The van der Waals surface area contributed by atoms with E-state index in [1.807, 2.05) is 6.07 Å². The molecule has 88 valence electrons. The van der Waals surface area contributed by atoms with E-state index in [1.165, 1.54) is 0 Å². The van der Waals surface area contributed by atoms with Crippen LogP contribution in [0.15, 0.2) is 12.1 Å². The molecule has 0 aromatic heterocycles. The first-order chi connectivity index (χ1) is 7.72. The largest absolute Gasteiger partial charge is 0.506 e. The third kappa shape index (κ3) is 2.25. The van der Waals surface area contributed by atoms with Crippen LogP contribution in [0.3, 0.4) is 0 Å². The van der Waals surface area contributed by atoms with Crippen LogP contribution in [0.4, 0.5) is 0 Å². The smallest absolute Gasteiger partial charge is 0.141 e. The van der Waals surface area contributed by atoms with Crippen LogP contribution in [-0.2, 0) is 0 Å². The number of hydrogen-bond acceptors (Lipinski definition) is 3. The minimum absolute atomic E-state index is 0.106. The van der Waals surface area contributed by atoms with Crippen molar-refractivity contribution in [3.8, 4) is 11.5 Å². The molecule has 0 spiro atoms. The normalized spacial score (nSPS) is 17.4. The fourth-order valence-corrected chi connectivity index (χ4v) is 2.33. The van der Waals surface area contributed by atoms with E-state index >= 15 is 0 Å². The Balaban J connectivity index is 2.29. The van der Waals surface area contributed by atoms with Gasteiger partial charge in [0, 0.05) is 0 Å². The van der Waals surface area contributed by atoms with E-state index < -0.39 is 0 Å². The van der Waals surface area contributed by atoms with E-state index in [9.17, 15) is 5.11 Å². The van der Waals surface area contributed by atoms with Gasteiger partial charge >= 0.3 is 0 Å². The number of methoxy groups -OCH3 is 1. The lowest BCUT2D eigenvalue weighted by Gasteiger charge is -2.23. The Hall–Kier alpha value is -0.930. The van der Waals surface area contributed by atoms with Gasteiger partial charge in [-0.05, 0) is 49.5 Å². The van der Waals surface area contributed by atoms with Gasteiger partial charge in [0.25, 0.3) is 0 Å². The third-order valence-electron chi connectivity index (χ3n) is 3.07. The van der Waals surface area contributed by atoms with Crippen molar-refractivity contribution in [2.24, 2.45) is 0 Å². The van der Waals surface area contributed by atoms with Crippen LogP contribution in [0, 0.1) is 0 Å². The summed E-state index contributed by atoms with van der Waals surface area (Å²) in [5.41, 5.74) is 1.11. The second-order valence-electron chi connectivity index (χ2n) is 4.08. The zero-order valence-corrected chi connectivity index (χ0v) is 10.0. The maximum Gasteiger partial charge on any atom is 0.141 e. The Kier molecular flexibility index (Phi) is 3.56. The highest BCUT2D eigenvalue weighted by Gasteiger charge is 2.18. The molecule has 1 fully saturated rings. The molecule has 0 atom stereocenters. The summed E-state index contributed by atoms with van der Waals surface area (Å²) >= 11 is 5.92. The molecule has 0 bridgehead atoms. The van der Waals surface area contributed by atoms with Gasteiger partial charge in [0.1, 0.15) is 16.5 Å². The summed E-state index contributed by atoms with van der Waals surface area (Å²) in [7, 11) is 1.56. The third-order valence-corrected chi connectivity index (χ3v) is 3.45. The molecule has 0 unspecified atom stereocenters. The van der Waals surface area contributed by atoms with Crippen molar-refractivity contribution < 1.29 is 9.84 Å². The highest BCUT2D eigenvalue weighted by Crippen LogP contribution is 2.38. The van der Waals surface area contributed by atoms with E-state index in [0.717, 1.165) is 31.5 Å². The number of hydrogen-bond donors (Lipinski definition) is 2. The molecule has 1 aliphatic heterocycles. The number of aromatic hydroxyl groups is 1. The number of rotatable bonds is 2. The van der Waals surface area contributed by atoms with Crippen molar-refractivity contribution in [3.63, 3.8) is 0 Å². The first kappa shape index (κ1) is 11.6. The lowest BCUT2D eigenvalue weighted by Crippen LogP contribution is -2.26. The summed E-state index contributed by atoms with van der Waals surface area (Å²) in [4.78, 5) is 0. The van der Waals surface area contributed by atoms with E-state index in [1.54, 1.807) is 13.2 Å². The number of piperidine rings is 1. The molecule has 1 aromatic rings. The van der Waals surface area contributed by atoms with Crippen LogP contribution < -0.4 is 10.1 Å². The average molecular weight is 242 g/mol. The molecule has 3 nitrogen and oxygen atoms in total. The van der Waals surface area contributed by atoms with Gasteiger partial charge in [-0.25, -0.2) is 0 Å². The van der Waals surface area contributed by atoms with E-state index in [-0.39, 0.29) is 5.75 Å². The molecular weight excluding hydrogens is 226 g/mol. The molecule has 0 aliphatic carbocycles. The minimum Gasteiger partial charge on any atom is -0.506 e. The average Bonchev–Trinajstić information content (AvgIpc) is 2.33. The zero-order chi connectivity index (χ0) is 11.5. The quantitative estimate of drug-likeness (QED) is 0.836. The van der Waals surface area contributed by atoms with Gasteiger partial charge in [-0.15, -0.1) is 0 Å². The SMILES string of the molecule is COc1cc(C2CCNCC2)cc(O)c1Cl. The Bertz CT molecular complexity index is 376. The van der Waals surface area contributed by atoms with Gasteiger partial charge in [-0.2, -0.15) is 0 Å². The lowest BCUT2D eigenvalue weighted by molar-refractivity contribution is 0.403. The number of halogens is 1. The highest BCUT2D eigenvalue weighted by molar-refractivity contribution is 6.33. The molecule has 1 aromatic carbocycles. The monoisotopic (exact) mass is 241 g/mol. The van der Waals surface area contributed by atoms with E-state index in [2.05, 4.69) is 5.32 Å². The number of benzene rings is 1. The molecule has 1 aliphatic rings. The molecule has 2 N–H and O–H groups in total. The molecule has 1 heterocycles. The topological polar surface area (TPSA) is 41.5 Å². The van der Waals surface area contributed by atoms with Crippen molar-refractivity contribution in [2.75, 3.05) is 20.2 Å². The molecule has 0 radical (unpaired) electrons. The fraction of sp³-hybridized carbons (Fsp3) is 0.500. The maximum atomic E-state index is 9.72. The Labute approximate surface area is 100 Å². The summed E-state index contributed by atoms with van der Waals surface area (Å²) in [6.45, 7) is 2.05. The van der Waals surface area contributed by atoms with Crippen molar-refractivity contribution in [1.29, 1.82) is 0 Å². The molecular formula is C12H16ClNO2. The minimum atomic E-state index is 0.106. The predicted octanol–water partition coefficient (Wildman–Crippen LogP) is 2.52. The summed E-state index contributed by atoms with van der Waals surface area (Å²) in [6.07, 6.45) is 2.18. The fourth-order valence-electron chi connectivity index (χ4n) is 2.14. The van der Waals surface area contributed by atoms with Crippen molar-refractivity contribution in [2.45, 2.75) is 18.8 Å². The van der Waals surface area contributed by atoms with Crippen molar-refractivity contribution in [3.05, 3.63) is 22.7 Å². The number of ether oxygens (including phenoxy) is 1. The second kappa shape index (κ2) is 4.93. The van der Waals surface area contributed by atoms with Crippen LogP contribution in [-0.4, -0.2) is 25.3 Å². The van der Waals surface area contributed by atoms with Gasteiger partial charge in [-0.3, -0.25) is 0 Å². The van der Waals surface area contributed by atoms with Gasteiger partial charge in [0.15, 0.2) is 0 Å². The summed E-state index contributed by atoms with van der Waals surface area (Å²) in [5, 5.41) is 13.3. The molecule has 16 heavy (non-hydrogen) atoms. The molecule has 0 amide bonds. The lowest BCUT2D eigenvalue weighted by atomic mass is 9.90. The van der Waals surface area contributed by atoms with Crippen molar-refractivity contribution >= 4 is 11.6 Å². The van der Waals surface area contributed by atoms with Gasteiger partial charge < -0.3 is 15.2 Å². The molecule has 2 rings (SSSR count).